The molecule has 0 saturated carbocycles. The van der Waals surface area contributed by atoms with Crippen LogP contribution in [0.4, 0.5) is 0 Å². The predicted octanol–water partition coefficient (Wildman–Crippen LogP) is 1.88. The van der Waals surface area contributed by atoms with E-state index in [0.29, 0.717) is 5.57 Å². The van der Waals surface area contributed by atoms with E-state index in [1.165, 1.54) is 0 Å². The molecular formula is C14H11N3OS. The van der Waals surface area contributed by atoms with Crippen molar-refractivity contribution in [2.45, 2.75) is 12.3 Å². The predicted molar refractivity (Wildman–Crippen MR) is 72.7 cm³/mol. The smallest absolute Gasteiger partial charge is 0.243 e. The van der Waals surface area contributed by atoms with Crippen molar-refractivity contribution >= 4 is 18.5 Å². The minimum Gasteiger partial charge on any atom is -0.319 e. The van der Waals surface area contributed by atoms with E-state index in [-0.39, 0.29) is 5.03 Å². The van der Waals surface area contributed by atoms with Crippen LogP contribution in [0.15, 0.2) is 40.9 Å². The van der Waals surface area contributed by atoms with Crippen molar-refractivity contribution in [1.82, 2.24) is 5.32 Å². The van der Waals surface area contributed by atoms with Gasteiger partial charge in [0.1, 0.15) is 5.92 Å². The number of nitrogens with one attached hydrogen (secondary N) is 1. The Hall–Kier alpha value is -2.24. The first-order valence-corrected chi connectivity index (χ1v) is 6.10. The number of thiol groups is 1. The Labute approximate surface area is 116 Å². The van der Waals surface area contributed by atoms with Gasteiger partial charge in [-0.2, -0.15) is 10.5 Å². The average molecular weight is 269 g/mol. The summed E-state index contributed by atoms with van der Waals surface area (Å²) in [5, 5.41) is 21.3. The number of benzene rings is 1. The van der Waals surface area contributed by atoms with Gasteiger partial charge in [0.2, 0.25) is 5.91 Å². The topological polar surface area (TPSA) is 76.7 Å². The molecule has 0 unspecified atom stereocenters. The molecule has 94 valence electrons. The van der Waals surface area contributed by atoms with E-state index in [9.17, 15) is 15.3 Å². The van der Waals surface area contributed by atoms with Crippen molar-refractivity contribution in [2.24, 2.45) is 5.92 Å². The highest BCUT2D eigenvalue weighted by Crippen LogP contribution is 2.43. The average Bonchev–Trinajstić information content (AvgIpc) is 2.40. The molecule has 0 saturated heterocycles. The van der Waals surface area contributed by atoms with E-state index in [1.807, 2.05) is 24.3 Å². The maximum absolute atomic E-state index is 12.0. The van der Waals surface area contributed by atoms with Crippen LogP contribution in [-0.4, -0.2) is 5.91 Å². The first-order chi connectivity index (χ1) is 9.05. The van der Waals surface area contributed by atoms with Crippen molar-refractivity contribution in [3.63, 3.8) is 0 Å². The van der Waals surface area contributed by atoms with Crippen LogP contribution >= 0.6 is 12.6 Å². The van der Waals surface area contributed by atoms with Crippen molar-refractivity contribution in [1.29, 1.82) is 10.5 Å². The van der Waals surface area contributed by atoms with Crippen LogP contribution in [0.1, 0.15) is 12.5 Å². The summed E-state index contributed by atoms with van der Waals surface area (Å²) in [6, 6.07) is 13.1. The number of hydrogen-bond donors (Lipinski definition) is 2. The quantitative estimate of drug-likeness (QED) is 0.764. The van der Waals surface area contributed by atoms with Crippen LogP contribution in [0.3, 0.4) is 0 Å². The number of carbonyl (C=O) groups excluding carboxylic acids is 1. The number of allylic oxidation sites excluding steroid dienone is 1. The fourth-order valence-electron chi connectivity index (χ4n) is 2.36. The first-order valence-electron chi connectivity index (χ1n) is 5.65. The zero-order valence-corrected chi connectivity index (χ0v) is 11.1. The number of rotatable bonds is 1. The third-order valence-electron chi connectivity index (χ3n) is 3.45. The molecule has 4 nitrogen and oxygen atoms in total. The molecule has 0 aromatic heterocycles. The third kappa shape index (κ3) is 1.89. The SMILES string of the molecule is C[C@]1(c2ccccc2)C(C#N)=C(S)NC(=O)[C@@H]1C#N. The van der Waals surface area contributed by atoms with Crippen molar-refractivity contribution in [2.75, 3.05) is 0 Å². The van der Waals surface area contributed by atoms with Crippen LogP contribution in [0.25, 0.3) is 0 Å². The van der Waals surface area contributed by atoms with Crippen LogP contribution in [-0.2, 0) is 10.2 Å². The Morgan fingerprint density at radius 3 is 2.47 bits per heavy atom. The molecule has 0 aliphatic carbocycles. The van der Waals surface area contributed by atoms with E-state index in [4.69, 9.17) is 0 Å². The highest BCUT2D eigenvalue weighted by Gasteiger charge is 2.48. The highest BCUT2D eigenvalue weighted by atomic mass is 32.1. The summed E-state index contributed by atoms with van der Waals surface area (Å²) in [6.45, 7) is 1.73. The Bertz CT molecular complexity index is 639. The molecule has 0 bridgehead atoms. The fraction of sp³-hybridized carbons (Fsp3) is 0.214. The summed E-state index contributed by atoms with van der Waals surface area (Å²) in [6.07, 6.45) is 0. The van der Waals surface area contributed by atoms with Crippen LogP contribution in [0.2, 0.25) is 0 Å². The van der Waals surface area contributed by atoms with Gasteiger partial charge < -0.3 is 5.32 Å². The van der Waals surface area contributed by atoms with Crippen molar-refractivity contribution in [3.05, 3.63) is 46.5 Å². The summed E-state index contributed by atoms with van der Waals surface area (Å²) < 4.78 is 0. The van der Waals surface area contributed by atoms with E-state index in [1.54, 1.807) is 19.1 Å². The minimum absolute atomic E-state index is 0.213. The second kappa shape index (κ2) is 4.79. The third-order valence-corrected chi connectivity index (χ3v) is 3.79. The summed E-state index contributed by atoms with van der Waals surface area (Å²) in [5.74, 6) is -1.39. The zero-order valence-electron chi connectivity index (χ0n) is 10.2. The molecule has 5 heteroatoms. The fourth-order valence-corrected chi connectivity index (χ4v) is 2.75. The summed E-state index contributed by atoms with van der Waals surface area (Å²) in [5.41, 5.74) is 0.0668. The second-order valence-electron chi connectivity index (χ2n) is 4.46. The van der Waals surface area contributed by atoms with Crippen molar-refractivity contribution < 1.29 is 4.79 Å². The highest BCUT2D eigenvalue weighted by molar-refractivity contribution is 7.84. The molecule has 0 radical (unpaired) electrons. The largest absolute Gasteiger partial charge is 0.319 e. The Kier molecular flexibility index (Phi) is 3.33. The van der Waals surface area contributed by atoms with E-state index < -0.39 is 17.2 Å². The normalized spacial score (nSPS) is 26.3. The number of hydrogen-bond acceptors (Lipinski definition) is 4. The number of nitrogens with zero attached hydrogens (tertiary/aromatic N) is 2. The minimum atomic E-state index is -0.982. The molecule has 1 aliphatic heterocycles. The number of carbonyl (C=O) groups is 1. The summed E-state index contributed by atoms with van der Waals surface area (Å²) >= 11 is 4.15. The van der Waals surface area contributed by atoms with Gasteiger partial charge in [-0.25, -0.2) is 0 Å². The van der Waals surface area contributed by atoms with E-state index in [2.05, 4.69) is 24.0 Å². The lowest BCUT2D eigenvalue weighted by Gasteiger charge is -2.37. The van der Waals surface area contributed by atoms with Crippen LogP contribution < -0.4 is 5.32 Å². The second-order valence-corrected chi connectivity index (χ2v) is 4.90. The van der Waals surface area contributed by atoms with Crippen LogP contribution in [0, 0.1) is 28.6 Å². The first kappa shape index (κ1) is 13.2. The molecule has 2 rings (SSSR count). The Morgan fingerprint density at radius 1 is 1.32 bits per heavy atom. The number of amides is 1. The molecule has 1 aromatic rings. The lowest BCUT2D eigenvalue weighted by molar-refractivity contribution is -0.124. The standard InChI is InChI=1S/C14H11N3OS/c1-14(9-5-3-2-4-6-9)10(7-15)12(18)17-13(19)11(14)8-16/h2-6,10,19H,1H3,(H,17,18)/t10-,14+/m0/s1. The Balaban J connectivity index is 2.74. The monoisotopic (exact) mass is 269 g/mol. The molecule has 0 fully saturated rings. The molecule has 1 N–H and O–H groups in total. The van der Waals surface area contributed by atoms with E-state index >= 15 is 0 Å². The molecule has 1 heterocycles. The summed E-state index contributed by atoms with van der Waals surface area (Å²) in [4.78, 5) is 12.0. The van der Waals surface area contributed by atoms with Gasteiger partial charge in [-0.3, -0.25) is 4.79 Å². The molecule has 1 aromatic carbocycles. The van der Waals surface area contributed by atoms with Crippen molar-refractivity contribution in [3.8, 4) is 12.1 Å². The lowest BCUT2D eigenvalue weighted by Crippen LogP contribution is -2.48. The van der Waals surface area contributed by atoms with Gasteiger partial charge in [-0.05, 0) is 12.5 Å². The number of nitriles is 2. The van der Waals surface area contributed by atoms with Gasteiger partial charge in [0.25, 0.3) is 0 Å². The molecule has 1 aliphatic rings. The Morgan fingerprint density at radius 2 is 1.95 bits per heavy atom. The maximum atomic E-state index is 12.0. The van der Waals surface area contributed by atoms with Gasteiger partial charge in [-0.1, -0.05) is 30.3 Å². The van der Waals surface area contributed by atoms with Gasteiger partial charge in [-0.15, -0.1) is 12.6 Å². The zero-order chi connectivity index (χ0) is 14.0. The molecule has 1 amide bonds. The van der Waals surface area contributed by atoms with Gasteiger partial charge in [0.15, 0.2) is 0 Å². The van der Waals surface area contributed by atoms with Gasteiger partial charge >= 0.3 is 0 Å². The molecule has 2 atom stereocenters. The van der Waals surface area contributed by atoms with E-state index in [0.717, 1.165) is 5.56 Å². The molecule has 0 spiro atoms. The van der Waals surface area contributed by atoms with Gasteiger partial charge in [0, 0.05) is 0 Å². The lowest BCUT2D eigenvalue weighted by atomic mass is 9.66. The molecular weight excluding hydrogens is 258 g/mol. The van der Waals surface area contributed by atoms with Crippen LogP contribution in [0.5, 0.6) is 0 Å². The van der Waals surface area contributed by atoms with Gasteiger partial charge in [0.05, 0.1) is 28.2 Å². The maximum Gasteiger partial charge on any atom is 0.243 e. The molecule has 19 heavy (non-hydrogen) atoms. The summed E-state index contributed by atoms with van der Waals surface area (Å²) in [7, 11) is 0.